The first-order valence-corrected chi connectivity index (χ1v) is 6.74. The van der Waals surface area contributed by atoms with Gasteiger partial charge in [-0.3, -0.25) is 4.79 Å². The number of nitrogens with one attached hydrogen (secondary N) is 1. The van der Waals surface area contributed by atoms with Crippen LogP contribution in [0, 0.1) is 9.62 Å². The molecule has 1 fully saturated rings. The predicted octanol–water partition coefficient (Wildman–Crippen LogP) is 2.16. The summed E-state index contributed by atoms with van der Waals surface area (Å²) in [5.41, 5.74) is 1.05. The summed E-state index contributed by atoms with van der Waals surface area (Å²) in [5, 5.41) is 0. The number of amides is 1. The van der Waals surface area contributed by atoms with Crippen molar-refractivity contribution < 1.29 is 4.79 Å². The molecule has 2 rings (SSSR count). The Morgan fingerprint density at radius 2 is 2.50 bits per heavy atom. The molecular formula is C11H16IN3O. The standard InChI is InChI=1S/C11H16IN3O/c1-2-3-8-4-10(16)15(5-8)6-9-11(12)14-7-13-9/h7-8H,2-6H2,1H3,(H,13,14). The summed E-state index contributed by atoms with van der Waals surface area (Å²) in [7, 11) is 0. The Bertz CT molecular complexity index is 377. The first-order chi connectivity index (χ1) is 7.70. The number of hydrogen-bond donors (Lipinski definition) is 1. The van der Waals surface area contributed by atoms with E-state index in [-0.39, 0.29) is 5.91 Å². The van der Waals surface area contributed by atoms with Crippen LogP contribution in [0.5, 0.6) is 0 Å². The van der Waals surface area contributed by atoms with Crippen LogP contribution in [0.25, 0.3) is 0 Å². The highest BCUT2D eigenvalue weighted by molar-refractivity contribution is 14.1. The zero-order chi connectivity index (χ0) is 11.5. The number of carbonyl (C=O) groups excluding carboxylic acids is 1. The molecule has 2 heterocycles. The quantitative estimate of drug-likeness (QED) is 0.859. The summed E-state index contributed by atoms with van der Waals surface area (Å²) in [6.45, 7) is 3.75. The summed E-state index contributed by atoms with van der Waals surface area (Å²) in [6.07, 6.45) is 4.72. The summed E-state index contributed by atoms with van der Waals surface area (Å²) in [4.78, 5) is 20.9. The smallest absolute Gasteiger partial charge is 0.223 e. The lowest BCUT2D eigenvalue weighted by Crippen LogP contribution is -2.25. The molecule has 1 unspecified atom stereocenters. The molecule has 0 bridgehead atoms. The van der Waals surface area contributed by atoms with Crippen LogP contribution < -0.4 is 0 Å². The van der Waals surface area contributed by atoms with Crippen LogP contribution in [-0.2, 0) is 11.3 Å². The van der Waals surface area contributed by atoms with E-state index in [4.69, 9.17) is 0 Å². The average molecular weight is 333 g/mol. The molecular weight excluding hydrogens is 317 g/mol. The summed E-state index contributed by atoms with van der Waals surface area (Å²) in [5.74, 6) is 0.835. The molecule has 0 aromatic carbocycles. The highest BCUT2D eigenvalue weighted by atomic mass is 127. The van der Waals surface area contributed by atoms with Crippen molar-refractivity contribution in [3.63, 3.8) is 0 Å². The Hall–Kier alpha value is -0.590. The number of aromatic amines is 1. The fourth-order valence-corrected chi connectivity index (χ4v) is 2.68. The van der Waals surface area contributed by atoms with Crippen molar-refractivity contribution in [1.82, 2.24) is 14.9 Å². The third kappa shape index (κ3) is 2.56. The number of hydrogen-bond acceptors (Lipinski definition) is 2. The molecule has 16 heavy (non-hydrogen) atoms. The van der Waals surface area contributed by atoms with E-state index in [1.165, 1.54) is 0 Å². The van der Waals surface area contributed by atoms with Gasteiger partial charge in [0, 0.05) is 13.0 Å². The van der Waals surface area contributed by atoms with Crippen LogP contribution in [-0.4, -0.2) is 27.3 Å². The lowest BCUT2D eigenvalue weighted by Gasteiger charge is -2.15. The van der Waals surface area contributed by atoms with Crippen LogP contribution >= 0.6 is 22.6 Å². The van der Waals surface area contributed by atoms with E-state index in [0.717, 1.165) is 35.2 Å². The number of imidazole rings is 1. The van der Waals surface area contributed by atoms with Gasteiger partial charge >= 0.3 is 0 Å². The van der Waals surface area contributed by atoms with Gasteiger partial charge in [-0.25, -0.2) is 4.98 Å². The molecule has 1 saturated heterocycles. The topological polar surface area (TPSA) is 49.0 Å². The molecule has 1 aromatic rings. The van der Waals surface area contributed by atoms with E-state index < -0.39 is 0 Å². The average Bonchev–Trinajstić information content (AvgIpc) is 2.77. The molecule has 1 aromatic heterocycles. The molecule has 0 radical (unpaired) electrons. The third-order valence-corrected chi connectivity index (χ3v) is 3.94. The maximum absolute atomic E-state index is 11.8. The highest BCUT2D eigenvalue weighted by Crippen LogP contribution is 2.24. The van der Waals surface area contributed by atoms with Crippen molar-refractivity contribution in [3.05, 3.63) is 15.7 Å². The van der Waals surface area contributed by atoms with Crippen LogP contribution in [0.1, 0.15) is 31.9 Å². The van der Waals surface area contributed by atoms with E-state index in [2.05, 4.69) is 39.5 Å². The van der Waals surface area contributed by atoms with Gasteiger partial charge in [0.25, 0.3) is 0 Å². The molecule has 4 nitrogen and oxygen atoms in total. The van der Waals surface area contributed by atoms with Crippen LogP contribution in [0.2, 0.25) is 0 Å². The van der Waals surface area contributed by atoms with Gasteiger partial charge in [0.05, 0.1) is 18.6 Å². The number of H-pyrrole nitrogens is 1. The van der Waals surface area contributed by atoms with E-state index >= 15 is 0 Å². The molecule has 1 aliphatic heterocycles. The van der Waals surface area contributed by atoms with Crippen LogP contribution in [0.3, 0.4) is 0 Å². The largest absolute Gasteiger partial charge is 0.346 e. The third-order valence-electron chi connectivity index (χ3n) is 3.01. The van der Waals surface area contributed by atoms with Crippen molar-refractivity contribution >= 4 is 28.5 Å². The molecule has 0 spiro atoms. The van der Waals surface area contributed by atoms with E-state index in [1.807, 2.05) is 4.90 Å². The highest BCUT2D eigenvalue weighted by Gasteiger charge is 2.29. The summed E-state index contributed by atoms with van der Waals surface area (Å²) >= 11 is 2.19. The number of halogens is 1. The van der Waals surface area contributed by atoms with Crippen molar-refractivity contribution in [2.45, 2.75) is 32.7 Å². The number of rotatable bonds is 4. The molecule has 1 amide bonds. The fraction of sp³-hybridized carbons (Fsp3) is 0.636. The van der Waals surface area contributed by atoms with Crippen molar-refractivity contribution in [2.24, 2.45) is 5.92 Å². The first-order valence-electron chi connectivity index (χ1n) is 5.66. The molecule has 0 saturated carbocycles. The minimum atomic E-state index is 0.281. The molecule has 1 aliphatic rings. The van der Waals surface area contributed by atoms with Crippen molar-refractivity contribution in [3.8, 4) is 0 Å². The van der Waals surface area contributed by atoms with Crippen molar-refractivity contribution in [1.29, 1.82) is 0 Å². The zero-order valence-electron chi connectivity index (χ0n) is 9.37. The van der Waals surface area contributed by atoms with Crippen LogP contribution in [0.4, 0.5) is 0 Å². The van der Waals surface area contributed by atoms with E-state index in [0.29, 0.717) is 12.5 Å². The van der Waals surface area contributed by atoms with Gasteiger partial charge in [0.2, 0.25) is 5.91 Å². The minimum Gasteiger partial charge on any atom is -0.346 e. The second-order valence-corrected chi connectivity index (χ2v) is 5.33. The molecule has 5 heteroatoms. The van der Waals surface area contributed by atoms with Gasteiger partial charge in [-0.15, -0.1) is 0 Å². The lowest BCUT2D eigenvalue weighted by atomic mass is 10.0. The lowest BCUT2D eigenvalue weighted by molar-refractivity contribution is -0.128. The SMILES string of the molecule is CCCC1CC(=O)N(Cc2[nH]cnc2I)C1. The number of carbonyl (C=O) groups is 1. The van der Waals surface area contributed by atoms with Gasteiger partial charge < -0.3 is 9.88 Å². The first kappa shape index (κ1) is 11.9. The van der Waals surface area contributed by atoms with Crippen LogP contribution in [0.15, 0.2) is 6.33 Å². The second-order valence-electron chi connectivity index (χ2n) is 4.30. The number of aromatic nitrogens is 2. The predicted molar refractivity (Wildman–Crippen MR) is 69.7 cm³/mol. The molecule has 1 atom stereocenters. The Morgan fingerprint density at radius 1 is 1.69 bits per heavy atom. The maximum atomic E-state index is 11.8. The normalized spacial score (nSPS) is 20.8. The summed E-state index contributed by atoms with van der Waals surface area (Å²) in [6, 6.07) is 0. The molecule has 0 aliphatic carbocycles. The van der Waals surface area contributed by atoms with Gasteiger partial charge in [-0.2, -0.15) is 0 Å². The number of nitrogens with zero attached hydrogens (tertiary/aromatic N) is 2. The van der Waals surface area contributed by atoms with Gasteiger partial charge in [-0.05, 0) is 34.9 Å². The maximum Gasteiger partial charge on any atom is 0.223 e. The van der Waals surface area contributed by atoms with Gasteiger partial charge in [-0.1, -0.05) is 13.3 Å². The molecule has 88 valence electrons. The Labute approximate surface area is 109 Å². The van der Waals surface area contributed by atoms with E-state index in [9.17, 15) is 4.79 Å². The molecule has 1 N–H and O–H groups in total. The second kappa shape index (κ2) is 5.16. The van der Waals surface area contributed by atoms with Gasteiger partial charge in [0.1, 0.15) is 3.70 Å². The monoisotopic (exact) mass is 333 g/mol. The Kier molecular flexibility index (Phi) is 3.83. The zero-order valence-corrected chi connectivity index (χ0v) is 11.5. The Balaban J connectivity index is 1.96. The van der Waals surface area contributed by atoms with E-state index in [1.54, 1.807) is 6.33 Å². The number of likely N-dealkylation sites (tertiary alicyclic amines) is 1. The summed E-state index contributed by atoms with van der Waals surface area (Å²) < 4.78 is 0.962. The minimum absolute atomic E-state index is 0.281. The van der Waals surface area contributed by atoms with Gasteiger partial charge in [0.15, 0.2) is 0 Å². The Morgan fingerprint density at radius 3 is 3.12 bits per heavy atom. The van der Waals surface area contributed by atoms with Crippen molar-refractivity contribution in [2.75, 3.05) is 6.54 Å². The fourth-order valence-electron chi connectivity index (χ4n) is 2.21.